The number of hydrogen-bond donors (Lipinski definition) is 6. The molecular weight excluding hydrogens is 730 g/mol. The number of aliphatic hydroxyl groups is 2. The van der Waals surface area contributed by atoms with Crippen LogP contribution in [0.15, 0.2) is 48.8 Å². The van der Waals surface area contributed by atoms with Crippen molar-refractivity contribution < 1.29 is 53.8 Å². The molecule has 0 spiro atoms. The third-order valence-corrected chi connectivity index (χ3v) is 9.48. The van der Waals surface area contributed by atoms with Gasteiger partial charge >= 0.3 is 18.0 Å². The van der Waals surface area contributed by atoms with Gasteiger partial charge in [-0.25, -0.2) is 19.4 Å². The lowest BCUT2D eigenvalue weighted by molar-refractivity contribution is -0.191. The summed E-state index contributed by atoms with van der Waals surface area (Å²) in [5.74, 6) is -0.239. The van der Waals surface area contributed by atoms with Crippen LogP contribution in [0.4, 0.5) is 16.3 Å². The third kappa shape index (κ3) is 7.02. The number of carbonyl (C=O) groups is 3. The van der Waals surface area contributed by atoms with E-state index in [-0.39, 0.29) is 40.4 Å². The molecule has 0 aliphatic carbocycles. The Hall–Kier alpha value is -5.71. The molecule has 6 rings (SSSR count). The Morgan fingerprint density at radius 2 is 1.91 bits per heavy atom. The Balaban J connectivity index is 1.23. The number of halogens is 1. The van der Waals surface area contributed by atoms with Crippen molar-refractivity contribution in [2.75, 3.05) is 44.1 Å². The topological polar surface area (TPSA) is 240 Å². The molecular formula is C35H36ClN7O11. The van der Waals surface area contributed by atoms with Crippen LogP contribution in [-0.4, -0.2) is 115 Å². The van der Waals surface area contributed by atoms with Crippen molar-refractivity contribution >= 4 is 52.2 Å². The second-order valence-corrected chi connectivity index (χ2v) is 12.8. The van der Waals surface area contributed by atoms with Crippen LogP contribution in [0.3, 0.4) is 0 Å². The molecule has 2 fully saturated rings. The number of methoxy groups -OCH3 is 2. The molecule has 2 aromatic heterocycles. The summed E-state index contributed by atoms with van der Waals surface area (Å²) < 4.78 is 23.5. The minimum absolute atomic E-state index is 0.0695. The lowest BCUT2D eigenvalue weighted by Crippen LogP contribution is -2.55. The van der Waals surface area contributed by atoms with Crippen LogP contribution in [0.25, 0.3) is 11.2 Å². The van der Waals surface area contributed by atoms with E-state index in [0.717, 1.165) is 12.0 Å². The number of carboxylic acids is 2. The molecule has 2 amide bonds. The van der Waals surface area contributed by atoms with Gasteiger partial charge in [-0.05, 0) is 47.9 Å². The van der Waals surface area contributed by atoms with E-state index < -0.39 is 54.6 Å². The standard InChI is InChI=1S/C35H36ClN7O11/c1-4-34(50)24(17-53-35(30(45)46,31(47)48)15-19-6-9-21(10-7-19)42-13-5-12-37-33(42)49)54-29(26(34)44)43-18-39-25-27(40-32(36)41-28(25)43)38-16-20-8-11-22(51-2)14-23(20)52-3/h1,6-11,14,18,24,26,29,44,50H,5,12-13,15-17H2,2-3H3,(H,37,49)(H,45,46)(H,47,48)(H,38,40,41)/t24-,26+,29-,34-/m1/s1. The van der Waals surface area contributed by atoms with Crippen molar-refractivity contribution in [2.24, 2.45) is 0 Å². The zero-order valence-electron chi connectivity index (χ0n) is 28.9. The monoisotopic (exact) mass is 765 g/mol. The van der Waals surface area contributed by atoms with Crippen LogP contribution < -0.4 is 25.0 Å². The lowest BCUT2D eigenvalue weighted by Gasteiger charge is -2.30. The Labute approximate surface area is 312 Å². The van der Waals surface area contributed by atoms with Gasteiger partial charge in [-0.1, -0.05) is 18.1 Å². The highest BCUT2D eigenvalue weighted by Crippen LogP contribution is 2.40. The molecule has 0 radical (unpaired) electrons. The quantitative estimate of drug-likeness (QED) is 0.0610. The highest BCUT2D eigenvalue weighted by molar-refractivity contribution is 6.28. The number of ether oxygens (including phenoxy) is 4. The minimum Gasteiger partial charge on any atom is -0.497 e. The Morgan fingerprint density at radius 1 is 1.17 bits per heavy atom. The summed E-state index contributed by atoms with van der Waals surface area (Å²) in [5.41, 5.74) is -3.56. The third-order valence-electron chi connectivity index (χ3n) is 9.31. The molecule has 2 aliphatic heterocycles. The molecule has 2 aliphatic rings. The molecule has 284 valence electrons. The van der Waals surface area contributed by atoms with Crippen LogP contribution in [0.2, 0.25) is 5.28 Å². The first kappa shape index (κ1) is 38.0. The number of anilines is 2. The predicted octanol–water partition coefficient (Wildman–Crippen LogP) is 1.82. The number of aliphatic carboxylic acids is 2. The van der Waals surface area contributed by atoms with Gasteiger partial charge < -0.3 is 50.0 Å². The summed E-state index contributed by atoms with van der Waals surface area (Å²) >= 11 is 6.29. The molecule has 0 bridgehead atoms. The molecule has 4 aromatic rings. The Morgan fingerprint density at radius 3 is 2.56 bits per heavy atom. The maximum atomic E-state index is 12.6. The van der Waals surface area contributed by atoms with Crippen LogP contribution in [0, 0.1) is 12.3 Å². The van der Waals surface area contributed by atoms with Gasteiger partial charge in [0.25, 0.3) is 5.60 Å². The molecule has 0 unspecified atom stereocenters. The first-order valence-corrected chi connectivity index (χ1v) is 16.9. The molecule has 2 aromatic carbocycles. The van der Waals surface area contributed by atoms with Crippen LogP contribution in [-0.2, 0) is 32.0 Å². The van der Waals surface area contributed by atoms with E-state index in [4.69, 9.17) is 37.0 Å². The van der Waals surface area contributed by atoms with Gasteiger partial charge in [0, 0.05) is 43.4 Å². The summed E-state index contributed by atoms with van der Waals surface area (Å²) in [6.45, 7) is 0.361. The van der Waals surface area contributed by atoms with Gasteiger partial charge in [0.2, 0.25) is 5.28 Å². The highest BCUT2D eigenvalue weighted by Gasteiger charge is 2.58. The number of urea groups is 1. The van der Waals surface area contributed by atoms with Gasteiger partial charge in [-0.15, -0.1) is 6.42 Å². The Kier molecular flexibility index (Phi) is 10.8. The zero-order chi connectivity index (χ0) is 38.8. The van der Waals surface area contributed by atoms with Crippen LogP contribution >= 0.6 is 11.6 Å². The number of carboxylic acid groups (broad SMARTS) is 2. The number of nitrogens with zero attached hydrogens (tertiary/aromatic N) is 5. The first-order valence-electron chi connectivity index (χ1n) is 16.5. The molecule has 18 nitrogen and oxygen atoms in total. The van der Waals surface area contributed by atoms with Crippen molar-refractivity contribution in [2.45, 2.75) is 49.0 Å². The van der Waals surface area contributed by atoms with E-state index >= 15 is 0 Å². The largest absolute Gasteiger partial charge is 0.497 e. The fourth-order valence-corrected chi connectivity index (χ4v) is 6.45. The fourth-order valence-electron chi connectivity index (χ4n) is 6.29. The van der Waals surface area contributed by atoms with Crippen LogP contribution in [0.5, 0.6) is 11.5 Å². The highest BCUT2D eigenvalue weighted by atomic mass is 35.5. The van der Waals surface area contributed by atoms with E-state index in [1.165, 1.54) is 42.1 Å². The van der Waals surface area contributed by atoms with Gasteiger partial charge in [-0.2, -0.15) is 9.97 Å². The number of rotatable bonds is 14. The van der Waals surface area contributed by atoms with E-state index in [9.17, 15) is 34.8 Å². The minimum atomic E-state index is -2.87. The number of benzene rings is 2. The van der Waals surface area contributed by atoms with Crippen molar-refractivity contribution in [3.63, 3.8) is 0 Å². The van der Waals surface area contributed by atoms with Crippen molar-refractivity contribution in [1.29, 1.82) is 0 Å². The van der Waals surface area contributed by atoms with Gasteiger partial charge in [-0.3, -0.25) is 9.47 Å². The first-order chi connectivity index (χ1) is 25.8. The number of imidazole rings is 1. The lowest BCUT2D eigenvalue weighted by atomic mass is 9.91. The average Bonchev–Trinajstić information content (AvgIpc) is 3.69. The molecule has 6 N–H and O–H groups in total. The molecule has 19 heteroatoms. The fraction of sp³-hybridized carbons (Fsp3) is 0.371. The number of hydrogen-bond acceptors (Lipinski definition) is 13. The SMILES string of the molecule is C#C[C@@]1(O)[C@@H](COC(Cc2ccc(N3CCCNC3=O)cc2)(C(=O)O)C(=O)O)O[C@@H](n2cnc3c(NCc4ccc(OC)cc4OC)nc(Cl)nc32)[C@@H]1O. The number of aromatic nitrogens is 4. The predicted molar refractivity (Wildman–Crippen MR) is 190 cm³/mol. The normalized spacial score (nSPS) is 21.4. The molecule has 0 saturated carbocycles. The van der Waals surface area contributed by atoms with Crippen molar-refractivity contribution in [1.82, 2.24) is 24.8 Å². The van der Waals surface area contributed by atoms with E-state index in [1.54, 1.807) is 30.3 Å². The Bertz CT molecular complexity index is 2090. The van der Waals surface area contributed by atoms with E-state index in [1.807, 2.05) is 0 Å². The van der Waals surface area contributed by atoms with Crippen molar-refractivity contribution in [3.05, 3.63) is 65.2 Å². The maximum Gasteiger partial charge on any atom is 0.348 e. The molecule has 4 heterocycles. The number of nitrogens with one attached hydrogen (secondary N) is 2. The number of aliphatic hydroxyl groups excluding tert-OH is 1. The van der Waals surface area contributed by atoms with Crippen molar-refractivity contribution in [3.8, 4) is 23.8 Å². The second-order valence-electron chi connectivity index (χ2n) is 12.5. The molecule has 54 heavy (non-hydrogen) atoms. The average molecular weight is 766 g/mol. The zero-order valence-corrected chi connectivity index (χ0v) is 29.7. The second kappa shape index (κ2) is 15.3. The number of carbonyl (C=O) groups excluding carboxylic acids is 1. The summed E-state index contributed by atoms with van der Waals surface area (Å²) in [4.78, 5) is 51.8. The molecule has 4 atom stereocenters. The summed E-state index contributed by atoms with van der Waals surface area (Å²) in [6.07, 6.45) is 2.00. The van der Waals surface area contributed by atoms with Gasteiger partial charge in [0.05, 0.1) is 27.2 Å². The summed E-state index contributed by atoms with van der Waals surface area (Å²) in [6, 6.07) is 11.1. The van der Waals surface area contributed by atoms with Gasteiger partial charge in [0.15, 0.2) is 28.8 Å². The summed E-state index contributed by atoms with van der Waals surface area (Å²) in [7, 11) is 3.05. The number of amides is 2. The smallest absolute Gasteiger partial charge is 0.348 e. The number of fused-ring (bicyclic) bond motifs is 1. The number of terminal acetylenes is 1. The molecule has 2 saturated heterocycles. The summed E-state index contributed by atoms with van der Waals surface area (Å²) in [5, 5.41) is 48.8. The van der Waals surface area contributed by atoms with Gasteiger partial charge in [0.1, 0.15) is 23.7 Å². The maximum absolute atomic E-state index is 12.6. The van der Waals surface area contributed by atoms with E-state index in [0.29, 0.717) is 30.3 Å². The van der Waals surface area contributed by atoms with Crippen LogP contribution in [0.1, 0.15) is 23.8 Å². The van der Waals surface area contributed by atoms with E-state index in [2.05, 4.69) is 31.5 Å².